The van der Waals surface area contributed by atoms with E-state index in [1.54, 1.807) is 0 Å². The van der Waals surface area contributed by atoms with E-state index in [-0.39, 0.29) is 22.0 Å². The van der Waals surface area contributed by atoms with E-state index >= 15 is 0 Å². The van der Waals surface area contributed by atoms with Gasteiger partial charge in [-0.05, 0) is 20.8 Å². The lowest BCUT2D eigenvalue weighted by molar-refractivity contribution is -0.952. The van der Waals surface area contributed by atoms with E-state index in [2.05, 4.69) is 34.6 Å². The fourth-order valence-corrected chi connectivity index (χ4v) is 3.52. The van der Waals surface area contributed by atoms with Gasteiger partial charge < -0.3 is 15.2 Å². The number of hydrogen-bond acceptors (Lipinski definition) is 2. The summed E-state index contributed by atoms with van der Waals surface area (Å²) in [5.41, 5.74) is -1.41. The molecule has 1 atom stereocenters. The van der Waals surface area contributed by atoms with E-state index in [0.717, 1.165) is 12.8 Å². The van der Waals surface area contributed by atoms with Gasteiger partial charge in [-0.25, -0.2) is 0 Å². The maximum absolute atomic E-state index is 13.1. The summed E-state index contributed by atoms with van der Waals surface area (Å²) in [6, 6.07) is 0. The smallest absolute Gasteiger partial charge is 0.284 e. The molecule has 1 rings (SSSR count). The van der Waals surface area contributed by atoms with Crippen molar-refractivity contribution in [2.24, 2.45) is 0 Å². The van der Waals surface area contributed by atoms with Crippen molar-refractivity contribution in [3.63, 3.8) is 0 Å². The third kappa shape index (κ3) is 2.37. The van der Waals surface area contributed by atoms with Crippen LogP contribution in [0.25, 0.3) is 0 Å². The van der Waals surface area contributed by atoms with Crippen molar-refractivity contribution < 1.29 is 9.86 Å². The van der Waals surface area contributed by atoms with E-state index in [4.69, 9.17) is 0 Å². The zero-order valence-corrected chi connectivity index (χ0v) is 14.3. The van der Waals surface area contributed by atoms with Gasteiger partial charge in [0.25, 0.3) is 5.91 Å². The molecular weight excluding hydrogens is 252 g/mol. The van der Waals surface area contributed by atoms with Gasteiger partial charge in [0.1, 0.15) is 5.54 Å². The summed E-state index contributed by atoms with van der Waals surface area (Å²) in [5, 5.41) is 13.3. The van der Waals surface area contributed by atoms with Crippen LogP contribution in [0.15, 0.2) is 0 Å². The first-order valence-electron chi connectivity index (χ1n) is 8.02. The molecular formula is C16H32N2O2. The highest BCUT2D eigenvalue weighted by molar-refractivity contribution is 5.86. The molecule has 1 unspecified atom stereocenters. The summed E-state index contributed by atoms with van der Waals surface area (Å²) in [6.07, 6.45) is 2.83. The zero-order valence-electron chi connectivity index (χ0n) is 14.3. The molecule has 118 valence electrons. The number of amides is 1. The molecule has 4 heteroatoms. The van der Waals surface area contributed by atoms with Gasteiger partial charge in [0.15, 0.2) is 5.54 Å². The fraction of sp³-hybridized carbons (Fsp3) is 0.938. The lowest BCUT2D eigenvalue weighted by Gasteiger charge is -2.60. The second-order valence-electron chi connectivity index (χ2n) is 7.17. The highest BCUT2D eigenvalue weighted by Gasteiger charge is 2.58. The molecule has 20 heavy (non-hydrogen) atoms. The molecule has 0 aromatic rings. The molecule has 0 bridgehead atoms. The van der Waals surface area contributed by atoms with Crippen LogP contribution < -0.4 is 5.06 Å². The lowest BCUT2D eigenvalue weighted by atomic mass is 9.77. The minimum Gasteiger partial charge on any atom is -0.633 e. The van der Waals surface area contributed by atoms with Crippen LogP contribution in [-0.2, 0) is 4.79 Å². The zero-order chi connectivity index (χ0) is 15.8. The number of quaternary nitrogens is 1. The van der Waals surface area contributed by atoms with Crippen LogP contribution in [0.4, 0.5) is 0 Å². The van der Waals surface area contributed by atoms with Gasteiger partial charge in [0.05, 0.1) is 6.54 Å². The van der Waals surface area contributed by atoms with Gasteiger partial charge in [-0.2, -0.15) is 0 Å². The van der Waals surface area contributed by atoms with Crippen LogP contribution in [-0.4, -0.2) is 34.0 Å². The average molecular weight is 284 g/mol. The monoisotopic (exact) mass is 284 g/mol. The Morgan fingerprint density at radius 3 is 1.85 bits per heavy atom. The van der Waals surface area contributed by atoms with Gasteiger partial charge in [0, 0.05) is 31.2 Å². The molecule has 0 aromatic carbocycles. The first kappa shape index (κ1) is 17.4. The summed E-state index contributed by atoms with van der Waals surface area (Å²) in [7, 11) is 0. The van der Waals surface area contributed by atoms with Crippen molar-refractivity contribution >= 4 is 5.91 Å². The Hall–Kier alpha value is -0.610. The van der Waals surface area contributed by atoms with Crippen molar-refractivity contribution in [1.82, 2.24) is 4.90 Å². The largest absolute Gasteiger partial charge is 0.633 e. The van der Waals surface area contributed by atoms with Crippen molar-refractivity contribution in [3.05, 3.63) is 5.21 Å². The molecule has 1 saturated heterocycles. The maximum Gasteiger partial charge on any atom is 0.284 e. The third-order valence-electron chi connectivity index (χ3n) is 5.40. The lowest BCUT2D eigenvalue weighted by Crippen LogP contribution is -3.27. The van der Waals surface area contributed by atoms with Crippen molar-refractivity contribution in [2.75, 3.05) is 6.54 Å². The minimum absolute atomic E-state index is 0.0394. The third-order valence-corrected chi connectivity index (χ3v) is 5.40. The Morgan fingerprint density at radius 2 is 1.55 bits per heavy atom. The number of hydroxylamine groups is 2. The van der Waals surface area contributed by atoms with E-state index in [0.29, 0.717) is 19.4 Å². The fourth-order valence-electron chi connectivity index (χ4n) is 3.52. The number of rotatable bonds is 4. The van der Waals surface area contributed by atoms with Crippen LogP contribution >= 0.6 is 0 Å². The van der Waals surface area contributed by atoms with Crippen LogP contribution in [0.2, 0.25) is 0 Å². The summed E-state index contributed by atoms with van der Waals surface area (Å²) >= 11 is 0. The first-order valence-corrected chi connectivity index (χ1v) is 8.02. The number of hydrogen-bond donors (Lipinski definition) is 1. The average Bonchev–Trinajstić information content (AvgIpc) is 2.40. The predicted molar refractivity (Wildman–Crippen MR) is 82.4 cm³/mol. The molecule has 4 nitrogen and oxygen atoms in total. The summed E-state index contributed by atoms with van der Waals surface area (Å²) in [4.78, 5) is 14.9. The molecule has 1 heterocycles. The molecule has 1 amide bonds. The molecule has 1 fully saturated rings. The minimum atomic E-state index is -0.808. The second kappa shape index (κ2) is 5.64. The number of piperazine rings is 1. The van der Waals surface area contributed by atoms with E-state index in [9.17, 15) is 10.0 Å². The summed E-state index contributed by atoms with van der Waals surface area (Å²) < 4.78 is 0. The van der Waals surface area contributed by atoms with Crippen molar-refractivity contribution in [3.8, 4) is 0 Å². The first-order chi connectivity index (χ1) is 9.15. The van der Waals surface area contributed by atoms with Crippen LogP contribution in [0.3, 0.4) is 0 Å². The second-order valence-corrected chi connectivity index (χ2v) is 7.17. The van der Waals surface area contributed by atoms with Gasteiger partial charge >= 0.3 is 0 Å². The highest BCUT2D eigenvalue weighted by atomic mass is 16.5. The number of carbonyl (C=O) groups excluding carboxylic acids is 1. The van der Waals surface area contributed by atoms with E-state index < -0.39 is 5.54 Å². The molecule has 0 aromatic heterocycles. The van der Waals surface area contributed by atoms with Gasteiger partial charge in [0.2, 0.25) is 0 Å². The molecule has 1 aliphatic rings. The van der Waals surface area contributed by atoms with Crippen molar-refractivity contribution in [1.29, 1.82) is 0 Å². The topological polar surface area (TPSA) is 47.8 Å². The van der Waals surface area contributed by atoms with Crippen LogP contribution in [0, 0.1) is 5.21 Å². The molecule has 1 aliphatic heterocycles. The Morgan fingerprint density at radius 1 is 1.10 bits per heavy atom. The molecule has 1 N–H and O–H groups in total. The summed E-state index contributed by atoms with van der Waals surface area (Å²) in [6.45, 7) is 14.9. The van der Waals surface area contributed by atoms with Gasteiger partial charge in [-0.1, -0.05) is 27.7 Å². The highest BCUT2D eigenvalue weighted by Crippen LogP contribution is 2.31. The summed E-state index contributed by atoms with van der Waals surface area (Å²) in [5.74, 6) is 0.0394. The van der Waals surface area contributed by atoms with E-state index in [1.165, 1.54) is 0 Å². The molecule has 0 aliphatic carbocycles. The van der Waals surface area contributed by atoms with Crippen molar-refractivity contribution in [2.45, 2.75) is 90.8 Å². The Bertz CT molecular complexity index is 352. The molecule has 0 radical (unpaired) electrons. The quantitative estimate of drug-likeness (QED) is 0.804. The Balaban J connectivity index is 3.41. The Kier molecular flexibility index (Phi) is 4.92. The SMILES string of the molecule is CCC1(CC)CN(C(C)(C)C)C(=O)C(CC)(CC)[NH+]1[O-]. The van der Waals surface area contributed by atoms with Crippen LogP contribution in [0.5, 0.6) is 0 Å². The number of nitrogens with one attached hydrogen (secondary N) is 1. The molecule has 0 spiro atoms. The Labute approximate surface area is 124 Å². The maximum atomic E-state index is 13.1. The predicted octanol–water partition coefficient (Wildman–Crippen LogP) is 2.13. The normalized spacial score (nSPS) is 25.9. The standard InChI is InChI=1S/C16H32N2O2/c1-8-15(9-2)12-17(14(5,6)7)13(19)16(10-3,11-4)18(15)20/h18H,8-12H2,1-7H3. The van der Waals surface area contributed by atoms with Crippen LogP contribution in [0.1, 0.15) is 74.1 Å². The van der Waals surface area contributed by atoms with E-state index in [1.807, 2.05) is 18.7 Å². The van der Waals surface area contributed by atoms with Gasteiger partial charge in [-0.15, -0.1) is 0 Å². The van der Waals surface area contributed by atoms with Gasteiger partial charge in [-0.3, -0.25) is 4.79 Å². The number of nitrogens with zero attached hydrogens (tertiary/aromatic N) is 1. The molecule has 0 saturated carbocycles. The number of carbonyl (C=O) groups is 1.